The third kappa shape index (κ3) is 2.64. The summed E-state index contributed by atoms with van der Waals surface area (Å²) in [6.45, 7) is 0. The SMILES string of the molecule is CN(C)C(=S)c1ccc([N+](=O)[O-])cc1Cl. The van der Waals surface area contributed by atoms with Gasteiger partial charge in [0.2, 0.25) is 0 Å². The topological polar surface area (TPSA) is 46.4 Å². The molecule has 15 heavy (non-hydrogen) atoms. The standard InChI is InChI=1S/C9H9ClN2O2S/c1-11(2)9(15)7-4-3-6(12(13)14)5-8(7)10/h3-5H,1-2H3. The Morgan fingerprint density at radius 1 is 1.53 bits per heavy atom. The number of nitro groups is 1. The molecule has 0 unspecified atom stereocenters. The fourth-order valence-corrected chi connectivity index (χ4v) is 1.53. The Labute approximate surface area is 97.6 Å². The van der Waals surface area contributed by atoms with Gasteiger partial charge in [0.05, 0.1) is 9.95 Å². The van der Waals surface area contributed by atoms with E-state index in [-0.39, 0.29) is 5.69 Å². The molecule has 0 aliphatic rings. The number of nitro benzene ring substituents is 1. The lowest BCUT2D eigenvalue weighted by Gasteiger charge is -2.14. The summed E-state index contributed by atoms with van der Waals surface area (Å²) in [5.41, 5.74) is 0.590. The van der Waals surface area contributed by atoms with Gasteiger partial charge in [0.1, 0.15) is 4.99 Å². The van der Waals surface area contributed by atoms with E-state index in [9.17, 15) is 10.1 Å². The zero-order chi connectivity index (χ0) is 11.6. The molecule has 0 saturated carbocycles. The Morgan fingerprint density at radius 3 is 2.53 bits per heavy atom. The number of halogens is 1. The summed E-state index contributed by atoms with van der Waals surface area (Å²) in [4.78, 5) is 12.3. The van der Waals surface area contributed by atoms with Gasteiger partial charge in [0.25, 0.3) is 5.69 Å². The Balaban J connectivity index is 3.14. The molecule has 0 spiro atoms. The van der Waals surface area contributed by atoms with Crippen LogP contribution < -0.4 is 0 Å². The fraction of sp³-hybridized carbons (Fsp3) is 0.222. The highest BCUT2D eigenvalue weighted by atomic mass is 35.5. The summed E-state index contributed by atoms with van der Waals surface area (Å²) in [6, 6.07) is 4.24. The first-order valence-electron chi connectivity index (χ1n) is 4.09. The first-order valence-corrected chi connectivity index (χ1v) is 4.87. The smallest absolute Gasteiger partial charge is 0.270 e. The van der Waals surface area contributed by atoms with Crippen molar-refractivity contribution in [1.82, 2.24) is 4.90 Å². The molecule has 0 atom stereocenters. The van der Waals surface area contributed by atoms with E-state index in [0.717, 1.165) is 0 Å². The van der Waals surface area contributed by atoms with Crippen molar-refractivity contribution >= 4 is 34.5 Å². The predicted molar refractivity (Wildman–Crippen MR) is 63.5 cm³/mol. The molecule has 0 heterocycles. The quantitative estimate of drug-likeness (QED) is 0.456. The number of thiocarbonyl (C=S) groups is 1. The van der Waals surface area contributed by atoms with Crippen molar-refractivity contribution in [3.8, 4) is 0 Å². The van der Waals surface area contributed by atoms with Gasteiger partial charge in [0, 0.05) is 31.8 Å². The van der Waals surface area contributed by atoms with E-state index in [4.69, 9.17) is 23.8 Å². The van der Waals surface area contributed by atoms with Gasteiger partial charge in [-0.05, 0) is 6.07 Å². The van der Waals surface area contributed by atoms with E-state index in [1.165, 1.54) is 12.1 Å². The lowest BCUT2D eigenvalue weighted by atomic mass is 10.2. The third-order valence-corrected chi connectivity index (χ3v) is 2.70. The molecule has 6 heteroatoms. The highest BCUT2D eigenvalue weighted by Gasteiger charge is 2.13. The maximum Gasteiger partial charge on any atom is 0.270 e. The zero-order valence-electron chi connectivity index (χ0n) is 8.23. The van der Waals surface area contributed by atoms with Crippen molar-refractivity contribution in [3.05, 3.63) is 38.9 Å². The fourth-order valence-electron chi connectivity index (χ4n) is 1.03. The van der Waals surface area contributed by atoms with Crippen molar-refractivity contribution in [2.24, 2.45) is 0 Å². The molecular formula is C9H9ClN2O2S. The summed E-state index contributed by atoms with van der Waals surface area (Å²) < 4.78 is 0. The Hall–Kier alpha value is -1.20. The number of hydrogen-bond donors (Lipinski definition) is 0. The third-order valence-electron chi connectivity index (χ3n) is 1.80. The van der Waals surface area contributed by atoms with E-state index in [1.807, 2.05) is 0 Å². The maximum absolute atomic E-state index is 10.5. The van der Waals surface area contributed by atoms with Crippen LogP contribution in [-0.4, -0.2) is 28.9 Å². The minimum Gasteiger partial charge on any atom is -0.368 e. The highest BCUT2D eigenvalue weighted by molar-refractivity contribution is 7.80. The average Bonchev–Trinajstić information content (AvgIpc) is 2.16. The van der Waals surface area contributed by atoms with Crippen LogP contribution in [0.2, 0.25) is 5.02 Å². The molecular weight excluding hydrogens is 236 g/mol. The summed E-state index contributed by atoms with van der Waals surface area (Å²) in [5.74, 6) is 0. The van der Waals surface area contributed by atoms with Crippen molar-refractivity contribution in [3.63, 3.8) is 0 Å². The second kappa shape index (κ2) is 4.55. The molecule has 0 radical (unpaired) electrons. The Bertz CT molecular complexity index is 421. The van der Waals surface area contributed by atoms with E-state index < -0.39 is 4.92 Å². The molecule has 0 aromatic heterocycles. The first kappa shape index (κ1) is 11.9. The minimum atomic E-state index is -0.492. The van der Waals surface area contributed by atoms with Crippen LogP contribution in [0.1, 0.15) is 5.56 Å². The van der Waals surface area contributed by atoms with Gasteiger partial charge in [-0.1, -0.05) is 23.8 Å². The van der Waals surface area contributed by atoms with E-state index >= 15 is 0 Å². The summed E-state index contributed by atoms with van der Waals surface area (Å²) in [6.07, 6.45) is 0. The zero-order valence-corrected chi connectivity index (χ0v) is 9.80. The van der Waals surface area contributed by atoms with Gasteiger partial charge in [-0.2, -0.15) is 0 Å². The summed E-state index contributed by atoms with van der Waals surface area (Å²) in [5, 5.41) is 10.8. The van der Waals surface area contributed by atoms with Crippen LogP contribution in [0.5, 0.6) is 0 Å². The highest BCUT2D eigenvalue weighted by Crippen LogP contribution is 2.23. The van der Waals surface area contributed by atoms with Crippen LogP contribution in [0, 0.1) is 10.1 Å². The van der Waals surface area contributed by atoms with Crippen molar-refractivity contribution in [2.45, 2.75) is 0 Å². The average molecular weight is 245 g/mol. The molecule has 80 valence electrons. The van der Waals surface area contributed by atoms with E-state index in [2.05, 4.69) is 0 Å². The molecule has 0 N–H and O–H groups in total. The van der Waals surface area contributed by atoms with Crippen molar-refractivity contribution in [2.75, 3.05) is 14.1 Å². The Kier molecular flexibility index (Phi) is 3.60. The van der Waals surface area contributed by atoms with Crippen LogP contribution in [0.4, 0.5) is 5.69 Å². The normalized spacial score (nSPS) is 9.80. The molecule has 0 aliphatic carbocycles. The Morgan fingerprint density at radius 2 is 2.13 bits per heavy atom. The molecule has 1 rings (SSSR count). The van der Waals surface area contributed by atoms with Gasteiger partial charge in [-0.25, -0.2) is 0 Å². The largest absolute Gasteiger partial charge is 0.368 e. The van der Waals surface area contributed by atoms with Crippen molar-refractivity contribution in [1.29, 1.82) is 0 Å². The molecule has 0 fully saturated rings. The lowest BCUT2D eigenvalue weighted by molar-refractivity contribution is -0.384. The predicted octanol–water partition coefficient (Wildman–Crippen LogP) is 2.49. The molecule has 1 aromatic carbocycles. The first-order chi connectivity index (χ1) is 6.93. The molecule has 4 nitrogen and oxygen atoms in total. The monoisotopic (exact) mass is 244 g/mol. The van der Waals surface area contributed by atoms with Gasteiger partial charge >= 0.3 is 0 Å². The second-order valence-corrected chi connectivity index (χ2v) is 3.91. The number of hydrogen-bond acceptors (Lipinski definition) is 3. The van der Waals surface area contributed by atoms with E-state index in [0.29, 0.717) is 15.6 Å². The van der Waals surface area contributed by atoms with Crippen LogP contribution in [-0.2, 0) is 0 Å². The van der Waals surface area contributed by atoms with Crippen LogP contribution in [0.25, 0.3) is 0 Å². The van der Waals surface area contributed by atoms with Crippen LogP contribution >= 0.6 is 23.8 Å². The van der Waals surface area contributed by atoms with E-state index in [1.54, 1.807) is 25.1 Å². The van der Waals surface area contributed by atoms with Gasteiger partial charge in [0.15, 0.2) is 0 Å². The molecule has 0 bridgehead atoms. The number of rotatable bonds is 2. The number of nitrogens with zero attached hydrogens (tertiary/aromatic N) is 2. The lowest BCUT2D eigenvalue weighted by Crippen LogP contribution is -2.20. The molecule has 0 amide bonds. The van der Waals surface area contributed by atoms with Gasteiger partial charge in [-0.3, -0.25) is 10.1 Å². The van der Waals surface area contributed by atoms with Gasteiger partial charge < -0.3 is 4.90 Å². The summed E-state index contributed by atoms with van der Waals surface area (Å²) >= 11 is 11.0. The number of non-ortho nitro benzene ring substituents is 1. The molecule has 0 aliphatic heterocycles. The maximum atomic E-state index is 10.5. The van der Waals surface area contributed by atoms with Gasteiger partial charge in [-0.15, -0.1) is 0 Å². The van der Waals surface area contributed by atoms with Crippen molar-refractivity contribution < 1.29 is 4.92 Å². The molecule has 0 saturated heterocycles. The number of benzene rings is 1. The minimum absolute atomic E-state index is 0.0368. The van der Waals surface area contributed by atoms with Crippen LogP contribution in [0.15, 0.2) is 18.2 Å². The van der Waals surface area contributed by atoms with Crippen LogP contribution in [0.3, 0.4) is 0 Å². The molecule has 1 aromatic rings. The summed E-state index contributed by atoms with van der Waals surface area (Å²) in [7, 11) is 3.58. The second-order valence-electron chi connectivity index (χ2n) is 3.12.